The third-order valence-electron chi connectivity index (χ3n) is 6.63. The maximum atomic E-state index is 13.9. The number of hydrogen-bond acceptors (Lipinski definition) is 4. The molecule has 1 N–H and O–H groups in total. The van der Waals surface area contributed by atoms with E-state index in [1.165, 1.54) is 13.0 Å². The molecule has 2 amide bonds. The molecule has 1 unspecified atom stereocenters. The Hall–Kier alpha value is -3.55. The zero-order chi connectivity index (χ0) is 23.3. The Morgan fingerprint density at radius 2 is 1.94 bits per heavy atom. The second-order valence-corrected chi connectivity index (χ2v) is 9.01. The lowest BCUT2D eigenvalue weighted by Crippen LogP contribution is -2.48. The maximum absolute atomic E-state index is 13.9. The molecule has 33 heavy (non-hydrogen) atoms. The SMILES string of the molecule is CC(=O)c1nn(CC(=O)N2[C@@H]3CC3C[C@H]2C(=O)NCc2ccccc2F)c2ccc(C)cc12. The molecule has 3 atom stereocenters. The van der Waals surface area contributed by atoms with Gasteiger partial charge in [-0.05, 0) is 43.9 Å². The van der Waals surface area contributed by atoms with Crippen LogP contribution < -0.4 is 5.32 Å². The molecule has 8 heteroatoms. The molecule has 2 aliphatic rings. The normalized spacial score (nSPS) is 21.2. The Labute approximate surface area is 190 Å². The minimum Gasteiger partial charge on any atom is -0.350 e. The van der Waals surface area contributed by atoms with Crippen LogP contribution in [-0.4, -0.2) is 44.4 Å². The first-order chi connectivity index (χ1) is 15.8. The van der Waals surface area contributed by atoms with Crippen molar-refractivity contribution in [2.45, 2.75) is 51.9 Å². The van der Waals surface area contributed by atoms with Gasteiger partial charge in [-0.25, -0.2) is 4.39 Å². The van der Waals surface area contributed by atoms with Crippen LogP contribution in [-0.2, 0) is 22.7 Å². The van der Waals surface area contributed by atoms with Crippen molar-refractivity contribution >= 4 is 28.5 Å². The predicted octanol–water partition coefficient (Wildman–Crippen LogP) is 2.99. The summed E-state index contributed by atoms with van der Waals surface area (Å²) in [4.78, 5) is 40.0. The minimum absolute atomic E-state index is 0.0485. The second kappa shape index (κ2) is 8.10. The van der Waals surface area contributed by atoms with Gasteiger partial charge in [-0.2, -0.15) is 5.10 Å². The summed E-state index contributed by atoms with van der Waals surface area (Å²) in [6.07, 6.45) is 1.50. The number of fused-ring (bicyclic) bond motifs is 2. The van der Waals surface area contributed by atoms with Gasteiger partial charge >= 0.3 is 0 Å². The number of halogens is 1. The van der Waals surface area contributed by atoms with Crippen LogP contribution in [0.2, 0.25) is 0 Å². The quantitative estimate of drug-likeness (QED) is 0.588. The lowest BCUT2D eigenvalue weighted by atomic mass is 10.1. The second-order valence-electron chi connectivity index (χ2n) is 9.01. The Balaban J connectivity index is 1.34. The average Bonchev–Trinajstić information content (AvgIpc) is 3.29. The average molecular weight is 448 g/mol. The van der Waals surface area contributed by atoms with E-state index in [0.717, 1.165) is 17.4 Å². The molecule has 0 radical (unpaired) electrons. The van der Waals surface area contributed by atoms with Crippen LogP contribution in [0.1, 0.15) is 41.4 Å². The molecule has 1 aliphatic carbocycles. The maximum Gasteiger partial charge on any atom is 0.245 e. The van der Waals surface area contributed by atoms with Crippen LogP contribution in [0.25, 0.3) is 10.9 Å². The summed E-state index contributed by atoms with van der Waals surface area (Å²) in [5.41, 5.74) is 2.46. The van der Waals surface area contributed by atoms with Gasteiger partial charge < -0.3 is 10.2 Å². The number of carbonyl (C=O) groups is 3. The van der Waals surface area contributed by atoms with Crippen molar-refractivity contribution in [2.24, 2.45) is 5.92 Å². The largest absolute Gasteiger partial charge is 0.350 e. The van der Waals surface area contributed by atoms with Crippen molar-refractivity contribution in [3.05, 3.63) is 65.1 Å². The Morgan fingerprint density at radius 3 is 2.70 bits per heavy atom. The van der Waals surface area contributed by atoms with Crippen LogP contribution in [0, 0.1) is 18.7 Å². The molecule has 1 aromatic heterocycles. The Morgan fingerprint density at radius 1 is 1.15 bits per heavy atom. The summed E-state index contributed by atoms with van der Waals surface area (Å²) >= 11 is 0. The molecule has 7 nitrogen and oxygen atoms in total. The Kier molecular flexibility index (Phi) is 5.23. The van der Waals surface area contributed by atoms with Gasteiger partial charge in [0.05, 0.1) is 5.52 Å². The van der Waals surface area contributed by atoms with Crippen LogP contribution in [0.5, 0.6) is 0 Å². The van der Waals surface area contributed by atoms with E-state index in [1.807, 2.05) is 25.1 Å². The highest BCUT2D eigenvalue weighted by Crippen LogP contribution is 2.48. The van der Waals surface area contributed by atoms with E-state index in [9.17, 15) is 18.8 Å². The molecule has 0 spiro atoms. The molecule has 2 aromatic carbocycles. The molecule has 170 valence electrons. The van der Waals surface area contributed by atoms with Gasteiger partial charge in [-0.15, -0.1) is 0 Å². The summed E-state index contributed by atoms with van der Waals surface area (Å²) in [6, 6.07) is 11.4. The zero-order valence-electron chi connectivity index (χ0n) is 18.5. The van der Waals surface area contributed by atoms with Crippen LogP contribution in [0.3, 0.4) is 0 Å². The fourth-order valence-corrected chi connectivity index (χ4v) is 4.87. The van der Waals surface area contributed by atoms with Gasteiger partial charge in [0, 0.05) is 30.5 Å². The van der Waals surface area contributed by atoms with E-state index in [-0.39, 0.29) is 42.5 Å². The third kappa shape index (κ3) is 3.90. The number of rotatable bonds is 6. The fourth-order valence-electron chi connectivity index (χ4n) is 4.87. The molecule has 2 fully saturated rings. The zero-order valence-corrected chi connectivity index (χ0v) is 18.5. The molecule has 2 heterocycles. The predicted molar refractivity (Wildman–Crippen MR) is 120 cm³/mol. The van der Waals surface area contributed by atoms with Gasteiger partial charge in [0.25, 0.3) is 0 Å². The third-order valence-corrected chi connectivity index (χ3v) is 6.63. The van der Waals surface area contributed by atoms with Crippen molar-refractivity contribution in [1.29, 1.82) is 0 Å². The number of nitrogens with one attached hydrogen (secondary N) is 1. The van der Waals surface area contributed by atoms with Gasteiger partial charge in [0.15, 0.2) is 5.78 Å². The summed E-state index contributed by atoms with van der Waals surface area (Å²) in [6.45, 7) is 3.42. The number of carbonyl (C=O) groups excluding carboxylic acids is 3. The molecule has 5 rings (SSSR count). The standard InChI is InChI=1S/C25H25FN4O3/c1-14-7-8-20-18(9-14)24(15(2)31)28-29(20)13-23(32)30-21-10-17(21)11-22(30)25(33)27-12-16-5-3-4-6-19(16)26/h3-9,17,21-22H,10-13H2,1-2H3,(H,27,33)/t17?,21-,22+/m1/s1. The summed E-state index contributed by atoms with van der Waals surface area (Å²) in [5, 5.41) is 7.92. The smallest absolute Gasteiger partial charge is 0.245 e. The van der Waals surface area contributed by atoms with Crippen molar-refractivity contribution in [2.75, 3.05) is 0 Å². The van der Waals surface area contributed by atoms with Crippen LogP contribution in [0.4, 0.5) is 4.39 Å². The molecule has 3 aromatic rings. The van der Waals surface area contributed by atoms with Crippen LogP contribution in [0.15, 0.2) is 42.5 Å². The first kappa shape index (κ1) is 21.3. The van der Waals surface area contributed by atoms with Gasteiger partial charge in [0.2, 0.25) is 11.8 Å². The van der Waals surface area contributed by atoms with E-state index in [0.29, 0.717) is 29.1 Å². The number of piperidine rings is 1. The molecular formula is C25H25FN4O3. The Bertz CT molecular complexity index is 1280. The number of likely N-dealkylation sites (tertiary alicyclic amines) is 1. The number of benzene rings is 2. The number of amides is 2. The fraction of sp³-hybridized carbons (Fsp3) is 0.360. The number of nitrogens with zero attached hydrogens (tertiary/aromatic N) is 3. The van der Waals surface area contributed by atoms with E-state index >= 15 is 0 Å². The van der Waals surface area contributed by atoms with Crippen LogP contribution >= 0.6 is 0 Å². The van der Waals surface area contributed by atoms with E-state index < -0.39 is 6.04 Å². The monoisotopic (exact) mass is 448 g/mol. The summed E-state index contributed by atoms with van der Waals surface area (Å²) in [7, 11) is 0. The first-order valence-electron chi connectivity index (χ1n) is 11.1. The van der Waals surface area contributed by atoms with Crippen molar-refractivity contribution in [1.82, 2.24) is 20.0 Å². The lowest BCUT2D eigenvalue weighted by Gasteiger charge is -2.27. The molecule has 1 saturated carbocycles. The van der Waals surface area contributed by atoms with E-state index in [4.69, 9.17) is 0 Å². The summed E-state index contributed by atoms with van der Waals surface area (Å²) in [5.74, 6) is -0.689. The highest BCUT2D eigenvalue weighted by atomic mass is 19.1. The van der Waals surface area contributed by atoms with Crippen molar-refractivity contribution < 1.29 is 18.8 Å². The van der Waals surface area contributed by atoms with Gasteiger partial charge in [-0.3, -0.25) is 19.1 Å². The van der Waals surface area contributed by atoms with Gasteiger partial charge in [-0.1, -0.05) is 29.8 Å². The van der Waals surface area contributed by atoms with Crippen molar-refractivity contribution in [3.63, 3.8) is 0 Å². The molecule has 1 saturated heterocycles. The summed E-state index contributed by atoms with van der Waals surface area (Å²) < 4.78 is 15.4. The molecule has 0 bridgehead atoms. The minimum atomic E-state index is -0.579. The number of aryl methyl sites for hydroxylation is 1. The number of ketones is 1. The van der Waals surface area contributed by atoms with E-state index in [2.05, 4.69) is 10.4 Å². The molecular weight excluding hydrogens is 423 g/mol. The number of hydrogen-bond donors (Lipinski definition) is 1. The lowest BCUT2D eigenvalue weighted by molar-refractivity contribution is -0.140. The van der Waals surface area contributed by atoms with Crippen molar-refractivity contribution in [3.8, 4) is 0 Å². The highest BCUT2D eigenvalue weighted by molar-refractivity contribution is 6.05. The topological polar surface area (TPSA) is 84.3 Å². The molecule has 1 aliphatic heterocycles. The number of aromatic nitrogens is 2. The first-order valence-corrected chi connectivity index (χ1v) is 11.1. The van der Waals surface area contributed by atoms with Gasteiger partial charge in [0.1, 0.15) is 24.1 Å². The van der Waals surface area contributed by atoms with E-state index in [1.54, 1.807) is 27.8 Å². The highest BCUT2D eigenvalue weighted by Gasteiger charge is 2.55. The number of Topliss-reactive ketones (excluding diaryl/α,β-unsaturated/α-hetero) is 1.